The van der Waals surface area contributed by atoms with E-state index in [4.69, 9.17) is 23.2 Å². The van der Waals surface area contributed by atoms with Crippen LogP contribution in [-0.2, 0) is 0 Å². The molecular weight excluding hydrogens is 285 g/mol. The Kier molecular flexibility index (Phi) is 5.48. The minimum Gasteiger partial charge on any atom is -0.393 e. The Morgan fingerprint density at radius 2 is 2.11 bits per heavy atom. The molecule has 0 heterocycles. The van der Waals surface area contributed by atoms with Crippen LogP contribution in [0.1, 0.15) is 30.9 Å². The van der Waals surface area contributed by atoms with Crippen LogP contribution >= 0.6 is 23.2 Å². The quantitative estimate of drug-likeness (QED) is 0.784. The van der Waals surface area contributed by atoms with E-state index >= 15 is 0 Å². The zero-order chi connectivity index (χ0) is 13.8. The van der Waals surface area contributed by atoms with Gasteiger partial charge in [0.05, 0.1) is 12.2 Å². The van der Waals surface area contributed by atoms with E-state index in [1.165, 1.54) is 0 Å². The number of rotatable bonds is 5. The molecule has 3 N–H and O–H groups in total. The Bertz CT molecular complexity index is 428. The summed E-state index contributed by atoms with van der Waals surface area (Å²) in [6, 6.07) is 5.06. The zero-order valence-electron chi connectivity index (χ0n) is 10.6. The summed E-state index contributed by atoms with van der Waals surface area (Å²) in [5.41, 5.74) is 0.633. The van der Waals surface area contributed by atoms with Crippen LogP contribution in [0.25, 0.3) is 0 Å². The SMILES string of the molecule is OC(CNCC1CCCC1O)c1cc(Cl)ccc1Cl. The first-order valence-corrected chi connectivity index (χ1v) is 7.35. The van der Waals surface area contributed by atoms with Crippen LogP contribution < -0.4 is 5.32 Å². The smallest absolute Gasteiger partial charge is 0.0929 e. The van der Waals surface area contributed by atoms with Crippen molar-refractivity contribution in [2.45, 2.75) is 31.5 Å². The molecule has 1 fully saturated rings. The van der Waals surface area contributed by atoms with Crippen molar-refractivity contribution in [3.05, 3.63) is 33.8 Å². The van der Waals surface area contributed by atoms with E-state index in [0.29, 0.717) is 28.1 Å². The van der Waals surface area contributed by atoms with Gasteiger partial charge in [-0.2, -0.15) is 0 Å². The fourth-order valence-electron chi connectivity index (χ4n) is 2.54. The molecule has 2 rings (SSSR count). The Morgan fingerprint density at radius 1 is 1.32 bits per heavy atom. The maximum atomic E-state index is 10.1. The lowest BCUT2D eigenvalue weighted by atomic mass is 10.1. The Morgan fingerprint density at radius 3 is 2.79 bits per heavy atom. The minimum absolute atomic E-state index is 0.209. The van der Waals surface area contributed by atoms with Gasteiger partial charge in [0.15, 0.2) is 0 Å². The molecule has 0 bridgehead atoms. The minimum atomic E-state index is -0.690. The van der Waals surface area contributed by atoms with E-state index in [9.17, 15) is 10.2 Å². The number of nitrogens with one attached hydrogen (secondary N) is 1. The molecule has 1 saturated carbocycles. The Labute approximate surface area is 123 Å². The van der Waals surface area contributed by atoms with Gasteiger partial charge >= 0.3 is 0 Å². The molecule has 19 heavy (non-hydrogen) atoms. The lowest BCUT2D eigenvalue weighted by Crippen LogP contribution is -2.30. The van der Waals surface area contributed by atoms with E-state index in [2.05, 4.69) is 5.32 Å². The first-order valence-electron chi connectivity index (χ1n) is 6.59. The van der Waals surface area contributed by atoms with Gasteiger partial charge in [0.25, 0.3) is 0 Å². The van der Waals surface area contributed by atoms with Gasteiger partial charge in [-0.25, -0.2) is 0 Å². The molecule has 1 aromatic carbocycles. The van der Waals surface area contributed by atoms with Crippen molar-refractivity contribution in [2.24, 2.45) is 5.92 Å². The van der Waals surface area contributed by atoms with Gasteiger partial charge in [0.1, 0.15) is 0 Å². The summed E-state index contributed by atoms with van der Waals surface area (Å²) in [6.07, 6.45) is 2.11. The number of halogens is 2. The fourth-order valence-corrected chi connectivity index (χ4v) is 2.96. The molecule has 3 atom stereocenters. The van der Waals surface area contributed by atoms with Crippen molar-refractivity contribution >= 4 is 23.2 Å². The summed E-state index contributed by atoms with van der Waals surface area (Å²) < 4.78 is 0. The Balaban J connectivity index is 1.83. The number of aliphatic hydroxyl groups excluding tert-OH is 2. The van der Waals surface area contributed by atoms with Gasteiger partial charge in [-0.1, -0.05) is 29.6 Å². The third kappa shape index (κ3) is 4.07. The van der Waals surface area contributed by atoms with Crippen molar-refractivity contribution in [3.63, 3.8) is 0 Å². The molecule has 1 aromatic rings. The molecule has 106 valence electrons. The topological polar surface area (TPSA) is 52.5 Å². The van der Waals surface area contributed by atoms with Gasteiger partial charge in [0.2, 0.25) is 0 Å². The molecule has 3 unspecified atom stereocenters. The van der Waals surface area contributed by atoms with E-state index in [0.717, 1.165) is 25.8 Å². The molecular formula is C14H19Cl2NO2. The lowest BCUT2D eigenvalue weighted by Gasteiger charge is -2.18. The summed E-state index contributed by atoms with van der Waals surface area (Å²) in [7, 11) is 0. The average Bonchev–Trinajstić information content (AvgIpc) is 2.78. The van der Waals surface area contributed by atoms with E-state index < -0.39 is 6.10 Å². The predicted molar refractivity (Wildman–Crippen MR) is 77.6 cm³/mol. The van der Waals surface area contributed by atoms with Crippen LogP contribution in [-0.4, -0.2) is 29.4 Å². The highest BCUT2D eigenvalue weighted by Gasteiger charge is 2.24. The van der Waals surface area contributed by atoms with Gasteiger partial charge in [-0.05, 0) is 37.0 Å². The van der Waals surface area contributed by atoms with Crippen molar-refractivity contribution in [2.75, 3.05) is 13.1 Å². The van der Waals surface area contributed by atoms with E-state index in [1.807, 2.05) is 0 Å². The van der Waals surface area contributed by atoms with Crippen molar-refractivity contribution in [3.8, 4) is 0 Å². The monoisotopic (exact) mass is 303 g/mol. The standard InChI is InChI=1S/C14H19Cl2NO2/c15-10-4-5-12(16)11(6-10)14(19)8-17-7-9-2-1-3-13(9)18/h4-6,9,13-14,17-19H,1-3,7-8H2. The van der Waals surface area contributed by atoms with Crippen LogP contribution in [0.5, 0.6) is 0 Å². The summed E-state index contributed by atoms with van der Waals surface area (Å²) in [6.45, 7) is 1.12. The van der Waals surface area contributed by atoms with Crippen LogP contribution in [0.15, 0.2) is 18.2 Å². The van der Waals surface area contributed by atoms with Crippen molar-refractivity contribution < 1.29 is 10.2 Å². The maximum Gasteiger partial charge on any atom is 0.0929 e. The molecule has 5 heteroatoms. The highest BCUT2D eigenvalue weighted by atomic mass is 35.5. The molecule has 0 aliphatic heterocycles. The van der Waals surface area contributed by atoms with Crippen LogP contribution in [0, 0.1) is 5.92 Å². The number of aliphatic hydroxyl groups is 2. The van der Waals surface area contributed by atoms with Crippen molar-refractivity contribution in [1.29, 1.82) is 0 Å². The van der Waals surface area contributed by atoms with E-state index in [1.54, 1.807) is 18.2 Å². The van der Waals surface area contributed by atoms with Gasteiger partial charge in [-0.15, -0.1) is 0 Å². The van der Waals surface area contributed by atoms with Crippen molar-refractivity contribution in [1.82, 2.24) is 5.32 Å². The van der Waals surface area contributed by atoms with Crippen LogP contribution in [0.3, 0.4) is 0 Å². The van der Waals surface area contributed by atoms with Crippen LogP contribution in [0.4, 0.5) is 0 Å². The molecule has 0 spiro atoms. The van der Waals surface area contributed by atoms with Crippen LogP contribution in [0.2, 0.25) is 10.0 Å². The highest BCUT2D eigenvalue weighted by molar-refractivity contribution is 6.33. The molecule has 0 saturated heterocycles. The third-order valence-electron chi connectivity index (χ3n) is 3.68. The molecule has 0 amide bonds. The number of hydrogen-bond acceptors (Lipinski definition) is 3. The average molecular weight is 304 g/mol. The normalized spacial score (nSPS) is 24.6. The summed E-state index contributed by atoms with van der Waals surface area (Å²) in [5.74, 6) is 0.294. The second kappa shape index (κ2) is 6.91. The third-order valence-corrected chi connectivity index (χ3v) is 4.26. The first-order chi connectivity index (χ1) is 9.08. The van der Waals surface area contributed by atoms with E-state index in [-0.39, 0.29) is 6.10 Å². The second-order valence-electron chi connectivity index (χ2n) is 5.10. The highest BCUT2D eigenvalue weighted by Crippen LogP contribution is 2.27. The van der Waals surface area contributed by atoms with Gasteiger partial charge in [0, 0.05) is 28.7 Å². The first kappa shape index (κ1) is 15.1. The fraction of sp³-hybridized carbons (Fsp3) is 0.571. The molecule has 0 aromatic heterocycles. The van der Waals surface area contributed by atoms with Gasteiger partial charge < -0.3 is 15.5 Å². The Hall–Kier alpha value is -0.320. The number of benzene rings is 1. The second-order valence-corrected chi connectivity index (χ2v) is 5.94. The summed E-state index contributed by atoms with van der Waals surface area (Å²) >= 11 is 11.9. The molecule has 0 radical (unpaired) electrons. The molecule has 1 aliphatic rings. The number of hydrogen-bond donors (Lipinski definition) is 3. The summed E-state index contributed by atoms with van der Waals surface area (Å²) in [5, 5.41) is 24.1. The predicted octanol–water partition coefficient (Wildman–Crippen LogP) is 2.78. The zero-order valence-corrected chi connectivity index (χ0v) is 12.2. The molecule has 3 nitrogen and oxygen atoms in total. The molecule has 1 aliphatic carbocycles. The lowest BCUT2D eigenvalue weighted by molar-refractivity contribution is 0.124. The van der Waals surface area contributed by atoms with Gasteiger partial charge in [-0.3, -0.25) is 0 Å². The maximum absolute atomic E-state index is 10.1. The summed E-state index contributed by atoms with van der Waals surface area (Å²) in [4.78, 5) is 0. The largest absolute Gasteiger partial charge is 0.393 e.